The van der Waals surface area contributed by atoms with E-state index in [-0.39, 0.29) is 0 Å². The van der Waals surface area contributed by atoms with Gasteiger partial charge in [-0.25, -0.2) is 4.57 Å². The second-order valence-corrected chi connectivity index (χ2v) is 9.35. The van der Waals surface area contributed by atoms with Crippen LogP contribution in [0, 0.1) is 13.8 Å². The molecule has 164 valence electrons. The van der Waals surface area contributed by atoms with Crippen molar-refractivity contribution in [2.24, 2.45) is 7.05 Å². The van der Waals surface area contributed by atoms with Crippen LogP contribution in [0.3, 0.4) is 0 Å². The zero-order valence-electron chi connectivity index (χ0n) is 20.1. The second-order valence-electron chi connectivity index (χ2n) is 9.35. The van der Waals surface area contributed by atoms with Crippen LogP contribution in [0.5, 0.6) is 0 Å². The fraction of sp³-hybridized carbons (Fsp3) is 0.194. The molecule has 0 aliphatic carbocycles. The van der Waals surface area contributed by atoms with E-state index < -0.39 is 0 Å². The number of hydrogen-bond acceptors (Lipinski definition) is 0. The van der Waals surface area contributed by atoms with Crippen molar-refractivity contribution >= 4 is 11.0 Å². The van der Waals surface area contributed by atoms with Crippen LogP contribution >= 0.6 is 0 Å². The average molecular weight is 432 g/mol. The van der Waals surface area contributed by atoms with Crippen LogP contribution < -0.4 is 4.57 Å². The number of hydrogen-bond donors (Lipinski definition) is 0. The molecule has 4 aromatic carbocycles. The van der Waals surface area contributed by atoms with Gasteiger partial charge in [0.2, 0.25) is 0 Å². The molecule has 0 saturated carbocycles. The van der Waals surface area contributed by atoms with Gasteiger partial charge in [0, 0.05) is 0 Å². The summed E-state index contributed by atoms with van der Waals surface area (Å²) in [5.74, 6) is 1.69. The van der Waals surface area contributed by atoms with Crippen molar-refractivity contribution in [2.45, 2.75) is 33.6 Å². The topological polar surface area (TPSA) is 8.81 Å². The number of rotatable bonds is 4. The lowest BCUT2D eigenvalue weighted by Crippen LogP contribution is -2.30. The zero-order chi connectivity index (χ0) is 23.1. The number of aryl methyl sites for hydroxylation is 3. The van der Waals surface area contributed by atoms with Crippen LogP contribution in [0.2, 0.25) is 0 Å². The smallest absolute Gasteiger partial charge is 0.225 e. The van der Waals surface area contributed by atoms with Gasteiger partial charge in [0.15, 0.2) is 11.0 Å². The van der Waals surface area contributed by atoms with E-state index in [1.54, 1.807) is 0 Å². The fourth-order valence-corrected chi connectivity index (χ4v) is 4.71. The van der Waals surface area contributed by atoms with E-state index in [1.807, 2.05) is 0 Å². The first-order chi connectivity index (χ1) is 15.9. The lowest BCUT2D eigenvalue weighted by atomic mass is 10.0. The van der Waals surface area contributed by atoms with Gasteiger partial charge < -0.3 is 0 Å². The quantitative estimate of drug-likeness (QED) is 0.260. The third-order valence-electron chi connectivity index (χ3n) is 6.66. The molecule has 0 amide bonds. The van der Waals surface area contributed by atoms with Crippen LogP contribution in [0.1, 0.15) is 36.5 Å². The third-order valence-corrected chi connectivity index (χ3v) is 6.66. The molecule has 0 spiro atoms. The lowest BCUT2D eigenvalue weighted by molar-refractivity contribution is -0.633. The fourth-order valence-electron chi connectivity index (χ4n) is 4.71. The summed E-state index contributed by atoms with van der Waals surface area (Å²) in [5, 5.41) is 0. The van der Waals surface area contributed by atoms with Gasteiger partial charge in [0.05, 0.1) is 12.6 Å². The number of benzene rings is 4. The van der Waals surface area contributed by atoms with Gasteiger partial charge in [-0.2, -0.15) is 4.57 Å². The van der Waals surface area contributed by atoms with Crippen molar-refractivity contribution in [1.82, 2.24) is 4.57 Å². The lowest BCUT2D eigenvalue weighted by Gasteiger charge is -2.09. The van der Waals surface area contributed by atoms with E-state index in [4.69, 9.17) is 0 Å². The van der Waals surface area contributed by atoms with E-state index in [0.717, 1.165) is 0 Å². The summed E-state index contributed by atoms with van der Waals surface area (Å²) in [5.41, 5.74) is 11.3. The molecule has 2 heteroatoms. The van der Waals surface area contributed by atoms with Crippen LogP contribution in [0.25, 0.3) is 39.2 Å². The molecule has 5 rings (SSSR count). The highest BCUT2D eigenvalue weighted by Crippen LogP contribution is 2.32. The molecular formula is C31H31N2+. The summed E-state index contributed by atoms with van der Waals surface area (Å²) >= 11 is 0. The monoisotopic (exact) mass is 431 g/mol. The van der Waals surface area contributed by atoms with Crippen molar-refractivity contribution in [3.8, 4) is 28.2 Å². The Balaban J connectivity index is 1.79. The predicted octanol–water partition coefficient (Wildman–Crippen LogP) is 7.53. The van der Waals surface area contributed by atoms with Crippen molar-refractivity contribution in [2.75, 3.05) is 0 Å². The Morgan fingerprint density at radius 2 is 1.42 bits per heavy atom. The molecule has 0 atom stereocenters. The summed E-state index contributed by atoms with van der Waals surface area (Å²) in [6.07, 6.45) is 0. The highest BCUT2D eigenvalue weighted by Gasteiger charge is 2.27. The zero-order valence-corrected chi connectivity index (χ0v) is 20.1. The molecule has 1 aromatic heterocycles. The standard InChI is InChI=1S/C31H31N2/c1-21(2)26-15-18-29-30(20-26)33(31(32(29)5)28-19-22(3)11-12-23(28)4)27-16-13-25(14-17-27)24-9-7-6-8-10-24/h6-21H,1-5H3/q+1. The number of fused-ring (bicyclic) bond motifs is 1. The van der Waals surface area contributed by atoms with E-state index >= 15 is 0 Å². The third kappa shape index (κ3) is 3.76. The number of nitrogens with zero attached hydrogens (tertiary/aromatic N) is 2. The summed E-state index contributed by atoms with van der Waals surface area (Å²) < 4.78 is 4.77. The molecule has 0 aliphatic rings. The molecule has 0 bridgehead atoms. The van der Waals surface area contributed by atoms with Gasteiger partial charge in [-0.15, -0.1) is 0 Å². The molecule has 0 unspecified atom stereocenters. The Kier molecular flexibility index (Phi) is 5.38. The highest BCUT2D eigenvalue weighted by atomic mass is 15.2. The average Bonchev–Trinajstić information content (AvgIpc) is 3.13. The Morgan fingerprint density at radius 3 is 2.12 bits per heavy atom. The Labute approximate surface area is 196 Å². The van der Waals surface area contributed by atoms with Crippen LogP contribution in [0.15, 0.2) is 91.0 Å². The molecule has 1 heterocycles. The van der Waals surface area contributed by atoms with Gasteiger partial charge >= 0.3 is 0 Å². The molecule has 0 N–H and O–H groups in total. The number of imidazole rings is 1. The molecule has 0 radical (unpaired) electrons. The van der Waals surface area contributed by atoms with E-state index in [2.05, 4.69) is 135 Å². The molecule has 2 nitrogen and oxygen atoms in total. The molecule has 0 saturated heterocycles. The van der Waals surface area contributed by atoms with E-state index in [1.165, 1.54) is 55.9 Å². The van der Waals surface area contributed by atoms with Gasteiger partial charge in [-0.3, -0.25) is 0 Å². The van der Waals surface area contributed by atoms with Gasteiger partial charge in [-0.05, 0) is 72.4 Å². The van der Waals surface area contributed by atoms with Gasteiger partial charge in [-0.1, -0.05) is 80.1 Å². The van der Waals surface area contributed by atoms with Crippen molar-refractivity contribution < 1.29 is 4.57 Å². The van der Waals surface area contributed by atoms with Crippen LogP contribution in [-0.4, -0.2) is 4.57 Å². The van der Waals surface area contributed by atoms with Crippen molar-refractivity contribution in [1.29, 1.82) is 0 Å². The molecule has 0 fully saturated rings. The Morgan fingerprint density at radius 1 is 0.727 bits per heavy atom. The first-order valence-corrected chi connectivity index (χ1v) is 11.7. The Hall–Kier alpha value is -3.65. The summed E-state index contributed by atoms with van der Waals surface area (Å²) in [6, 6.07) is 33.2. The largest absolute Gasteiger partial charge is 0.295 e. The van der Waals surface area contributed by atoms with Gasteiger partial charge in [0.1, 0.15) is 5.69 Å². The van der Waals surface area contributed by atoms with Crippen molar-refractivity contribution in [3.05, 3.63) is 108 Å². The summed E-state index contributed by atoms with van der Waals surface area (Å²) in [7, 11) is 2.18. The van der Waals surface area contributed by atoms with Crippen LogP contribution in [-0.2, 0) is 7.05 Å². The number of aromatic nitrogens is 2. The first kappa shape index (κ1) is 21.2. The minimum atomic E-state index is 0.479. The minimum absolute atomic E-state index is 0.479. The summed E-state index contributed by atoms with van der Waals surface area (Å²) in [4.78, 5) is 0. The first-order valence-electron chi connectivity index (χ1n) is 11.7. The second kappa shape index (κ2) is 8.37. The summed E-state index contributed by atoms with van der Waals surface area (Å²) in [6.45, 7) is 8.89. The van der Waals surface area contributed by atoms with E-state index in [0.29, 0.717) is 5.92 Å². The molecule has 33 heavy (non-hydrogen) atoms. The normalized spacial score (nSPS) is 11.5. The molecular weight excluding hydrogens is 400 g/mol. The maximum absolute atomic E-state index is 2.43. The predicted molar refractivity (Wildman–Crippen MR) is 139 cm³/mol. The maximum Gasteiger partial charge on any atom is 0.295 e. The van der Waals surface area contributed by atoms with Gasteiger partial charge in [0.25, 0.3) is 5.82 Å². The molecule has 5 aromatic rings. The van der Waals surface area contributed by atoms with Crippen molar-refractivity contribution in [3.63, 3.8) is 0 Å². The highest BCUT2D eigenvalue weighted by molar-refractivity contribution is 5.81. The molecule has 0 aliphatic heterocycles. The Bertz CT molecular complexity index is 1440. The van der Waals surface area contributed by atoms with E-state index in [9.17, 15) is 0 Å². The SMILES string of the molecule is Cc1ccc(C)c(-c2n(-c3ccc(-c4ccccc4)cc3)c3cc(C(C)C)ccc3[n+]2C)c1. The van der Waals surface area contributed by atoms with Crippen LogP contribution in [0.4, 0.5) is 0 Å². The maximum atomic E-state index is 2.43. The minimum Gasteiger partial charge on any atom is -0.225 e.